The summed E-state index contributed by atoms with van der Waals surface area (Å²) in [6.07, 6.45) is 8.52. The molecule has 4 nitrogen and oxygen atoms in total. The van der Waals surface area contributed by atoms with Crippen molar-refractivity contribution in [2.24, 2.45) is 11.7 Å². The number of ether oxygens (including phenoxy) is 1. The fourth-order valence-corrected chi connectivity index (χ4v) is 3.03. The fourth-order valence-electron chi connectivity index (χ4n) is 3.03. The molecule has 1 atom stereocenters. The van der Waals surface area contributed by atoms with Crippen LogP contribution in [0.15, 0.2) is 0 Å². The molecule has 1 aliphatic carbocycles. The van der Waals surface area contributed by atoms with E-state index in [0.717, 1.165) is 13.0 Å². The van der Waals surface area contributed by atoms with Crippen molar-refractivity contribution >= 4 is 18.3 Å². The topological polar surface area (TPSA) is 55.6 Å². The van der Waals surface area contributed by atoms with Gasteiger partial charge in [-0.05, 0) is 18.8 Å². The second-order valence-electron chi connectivity index (χ2n) is 5.63. The lowest BCUT2D eigenvalue weighted by molar-refractivity contribution is -0.139. The van der Waals surface area contributed by atoms with Gasteiger partial charge in [-0.2, -0.15) is 0 Å². The van der Waals surface area contributed by atoms with Gasteiger partial charge in [-0.3, -0.25) is 4.79 Å². The van der Waals surface area contributed by atoms with Gasteiger partial charge in [0.25, 0.3) is 0 Å². The zero-order valence-electron chi connectivity index (χ0n) is 11.7. The Morgan fingerprint density at radius 3 is 2.53 bits per heavy atom. The maximum Gasteiger partial charge on any atom is 0.223 e. The van der Waals surface area contributed by atoms with Gasteiger partial charge in [0.15, 0.2) is 0 Å². The summed E-state index contributed by atoms with van der Waals surface area (Å²) < 4.78 is 5.50. The van der Waals surface area contributed by atoms with Gasteiger partial charge in [0, 0.05) is 26.1 Å². The minimum atomic E-state index is 0. The van der Waals surface area contributed by atoms with Crippen LogP contribution < -0.4 is 5.73 Å². The number of carbonyl (C=O) groups is 1. The first-order valence-electron chi connectivity index (χ1n) is 7.39. The lowest BCUT2D eigenvalue weighted by Crippen LogP contribution is -2.48. The predicted molar refractivity (Wildman–Crippen MR) is 78.4 cm³/mol. The summed E-state index contributed by atoms with van der Waals surface area (Å²) in [7, 11) is 0. The Morgan fingerprint density at radius 1 is 1.21 bits per heavy atom. The number of amides is 1. The molecule has 1 saturated carbocycles. The van der Waals surface area contributed by atoms with E-state index in [1.807, 2.05) is 4.90 Å². The molecule has 0 radical (unpaired) electrons. The summed E-state index contributed by atoms with van der Waals surface area (Å²) in [4.78, 5) is 14.2. The molecule has 2 N–H and O–H groups in total. The van der Waals surface area contributed by atoms with Gasteiger partial charge in [0.1, 0.15) is 0 Å². The smallest absolute Gasteiger partial charge is 0.223 e. The van der Waals surface area contributed by atoms with E-state index in [9.17, 15) is 4.79 Å². The van der Waals surface area contributed by atoms with Gasteiger partial charge in [0.05, 0.1) is 12.7 Å². The molecule has 0 aromatic heterocycles. The third kappa shape index (κ3) is 5.28. The molecule has 5 heteroatoms. The summed E-state index contributed by atoms with van der Waals surface area (Å²) in [6.45, 7) is 2.57. The maximum absolute atomic E-state index is 12.3. The minimum absolute atomic E-state index is 0. The molecule has 1 unspecified atom stereocenters. The molecular formula is C14H27ClN2O2. The Morgan fingerprint density at radius 2 is 1.89 bits per heavy atom. The van der Waals surface area contributed by atoms with Crippen molar-refractivity contribution in [2.45, 2.75) is 51.0 Å². The van der Waals surface area contributed by atoms with Crippen LogP contribution in [-0.4, -0.2) is 43.2 Å². The highest BCUT2D eigenvalue weighted by atomic mass is 35.5. The molecule has 2 fully saturated rings. The SMILES string of the molecule is Cl.NCC1CN(C(=O)CC2CCCCCC2)CCO1. The molecule has 19 heavy (non-hydrogen) atoms. The van der Waals surface area contributed by atoms with Crippen LogP contribution in [0.2, 0.25) is 0 Å². The lowest BCUT2D eigenvalue weighted by atomic mass is 9.96. The van der Waals surface area contributed by atoms with Crippen molar-refractivity contribution in [2.75, 3.05) is 26.2 Å². The highest BCUT2D eigenvalue weighted by Crippen LogP contribution is 2.26. The summed E-state index contributed by atoms with van der Waals surface area (Å²) in [6, 6.07) is 0. The average molecular weight is 291 g/mol. The van der Waals surface area contributed by atoms with Crippen LogP contribution in [-0.2, 0) is 9.53 Å². The van der Waals surface area contributed by atoms with Crippen molar-refractivity contribution in [1.82, 2.24) is 4.90 Å². The molecule has 1 aliphatic heterocycles. The largest absolute Gasteiger partial charge is 0.373 e. The Labute approximate surface area is 122 Å². The van der Waals surface area contributed by atoms with Crippen LogP contribution in [0.3, 0.4) is 0 Å². The van der Waals surface area contributed by atoms with Crippen LogP contribution in [0.1, 0.15) is 44.9 Å². The van der Waals surface area contributed by atoms with Gasteiger partial charge in [0.2, 0.25) is 5.91 Å². The van der Waals surface area contributed by atoms with Crippen molar-refractivity contribution in [3.05, 3.63) is 0 Å². The molecule has 2 aliphatic rings. The Balaban J connectivity index is 0.00000180. The van der Waals surface area contributed by atoms with Crippen molar-refractivity contribution in [1.29, 1.82) is 0 Å². The highest BCUT2D eigenvalue weighted by Gasteiger charge is 2.25. The second-order valence-corrected chi connectivity index (χ2v) is 5.63. The minimum Gasteiger partial charge on any atom is -0.373 e. The highest BCUT2D eigenvalue weighted by molar-refractivity contribution is 5.85. The summed E-state index contributed by atoms with van der Waals surface area (Å²) in [5, 5.41) is 0. The Kier molecular flexibility index (Phi) is 7.73. The number of morpholine rings is 1. The zero-order chi connectivity index (χ0) is 12.8. The van der Waals surface area contributed by atoms with Crippen molar-refractivity contribution in [3.8, 4) is 0 Å². The Bertz CT molecular complexity index is 268. The van der Waals surface area contributed by atoms with E-state index in [0.29, 0.717) is 31.5 Å². The molecule has 0 spiro atoms. The van der Waals surface area contributed by atoms with Gasteiger partial charge >= 0.3 is 0 Å². The van der Waals surface area contributed by atoms with E-state index in [1.54, 1.807) is 0 Å². The third-order valence-electron chi connectivity index (χ3n) is 4.19. The number of nitrogens with zero attached hydrogens (tertiary/aromatic N) is 1. The molecule has 1 heterocycles. The lowest BCUT2D eigenvalue weighted by Gasteiger charge is -2.33. The molecule has 2 rings (SSSR count). The maximum atomic E-state index is 12.3. The first-order chi connectivity index (χ1) is 8.79. The molecule has 1 amide bonds. The van der Waals surface area contributed by atoms with Crippen LogP contribution in [0.5, 0.6) is 0 Å². The van der Waals surface area contributed by atoms with Crippen molar-refractivity contribution in [3.63, 3.8) is 0 Å². The molecular weight excluding hydrogens is 264 g/mol. The summed E-state index contributed by atoms with van der Waals surface area (Å²) in [5.41, 5.74) is 5.61. The first kappa shape index (κ1) is 16.7. The number of rotatable bonds is 3. The second kappa shape index (κ2) is 8.77. The van der Waals surface area contributed by atoms with Crippen LogP contribution in [0, 0.1) is 5.92 Å². The normalized spacial score (nSPS) is 25.5. The van der Waals surface area contributed by atoms with E-state index in [-0.39, 0.29) is 18.5 Å². The third-order valence-corrected chi connectivity index (χ3v) is 4.19. The van der Waals surface area contributed by atoms with Crippen LogP contribution >= 0.6 is 12.4 Å². The Hall–Kier alpha value is -0.320. The van der Waals surface area contributed by atoms with E-state index >= 15 is 0 Å². The molecule has 0 bridgehead atoms. The van der Waals surface area contributed by atoms with E-state index in [1.165, 1.54) is 38.5 Å². The van der Waals surface area contributed by atoms with Crippen LogP contribution in [0.4, 0.5) is 0 Å². The molecule has 112 valence electrons. The average Bonchev–Trinajstić information content (AvgIpc) is 2.67. The number of nitrogens with two attached hydrogens (primary N) is 1. The molecule has 0 aromatic carbocycles. The molecule has 0 aromatic rings. The van der Waals surface area contributed by atoms with Crippen molar-refractivity contribution < 1.29 is 9.53 Å². The monoisotopic (exact) mass is 290 g/mol. The summed E-state index contributed by atoms with van der Waals surface area (Å²) >= 11 is 0. The van der Waals surface area contributed by atoms with Gasteiger partial charge in [-0.15, -0.1) is 12.4 Å². The van der Waals surface area contributed by atoms with E-state index in [4.69, 9.17) is 10.5 Å². The fraction of sp³-hybridized carbons (Fsp3) is 0.929. The zero-order valence-corrected chi connectivity index (χ0v) is 12.5. The van der Waals surface area contributed by atoms with E-state index < -0.39 is 0 Å². The number of hydrogen-bond donors (Lipinski definition) is 1. The van der Waals surface area contributed by atoms with E-state index in [2.05, 4.69) is 0 Å². The summed E-state index contributed by atoms with van der Waals surface area (Å²) in [5.74, 6) is 0.919. The predicted octanol–water partition coefficient (Wildman–Crippen LogP) is 1.95. The molecule has 1 saturated heterocycles. The quantitative estimate of drug-likeness (QED) is 0.809. The standard InChI is InChI=1S/C14H26N2O2.ClH/c15-10-13-11-16(7-8-18-13)14(17)9-12-5-3-1-2-4-6-12;/h12-13H,1-11,15H2;1H. The number of halogens is 1. The number of hydrogen-bond acceptors (Lipinski definition) is 3. The van der Waals surface area contributed by atoms with Gasteiger partial charge in [-0.1, -0.05) is 25.7 Å². The van der Waals surface area contributed by atoms with Gasteiger partial charge < -0.3 is 15.4 Å². The number of carbonyl (C=O) groups excluding carboxylic acids is 1. The first-order valence-corrected chi connectivity index (χ1v) is 7.39. The van der Waals surface area contributed by atoms with Gasteiger partial charge in [-0.25, -0.2) is 0 Å². The van der Waals surface area contributed by atoms with Crippen LogP contribution in [0.25, 0.3) is 0 Å².